The summed E-state index contributed by atoms with van der Waals surface area (Å²) in [5, 5.41) is 0.603. The van der Waals surface area contributed by atoms with Gasteiger partial charge in [-0.3, -0.25) is 0 Å². The lowest BCUT2D eigenvalue weighted by Gasteiger charge is -2.07. The van der Waals surface area contributed by atoms with Gasteiger partial charge in [-0.1, -0.05) is 13.0 Å². The van der Waals surface area contributed by atoms with E-state index in [1.54, 1.807) is 0 Å². The fourth-order valence-corrected chi connectivity index (χ4v) is 2.72. The van der Waals surface area contributed by atoms with Crippen LogP contribution in [-0.4, -0.2) is 21.2 Å². The highest BCUT2D eigenvalue weighted by atomic mass is 32.2. The zero-order valence-corrected chi connectivity index (χ0v) is 11.2. The molecule has 0 radical (unpaired) electrons. The Morgan fingerprint density at radius 1 is 1.53 bits per heavy atom. The van der Waals surface area contributed by atoms with E-state index in [0.717, 1.165) is 30.1 Å². The number of imidazole rings is 1. The first-order chi connectivity index (χ1) is 8.20. The van der Waals surface area contributed by atoms with E-state index in [2.05, 4.69) is 41.6 Å². The van der Waals surface area contributed by atoms with Gasteiger partial charge in [0, 0.05) is 23.4 Å². The number of hydrogen-bond donors (Lipinski definition) is 1. The maximum absolute atomic E-state index is 5.55. The second-order valence-electron chi connectivity index (χ2n) is 4.35. The number of thioether (sulfide) groups is 1. The predicted molar refractivity (Wildman–Crippen MR) is 74.4 cm³/mol. The molecule has 0 aliphatic carbocycles. The van der Waals surface area contributed by atoms with Crippen molar-refractivity contribution in [1.29, 1.82) is 0 Å². The van der Waals surface area contributed by atoms with E-state index in [-0.39, 0.29) is 0 Å². The van der Waals surface area contributed by atoms with Crippen LogP contribution in [0, 0.1) is 6.92 Å². The van der Waals surface area contributed by atoms with Crippen molar-refractivity contribution in [3.8, 4) is 0 Å². The number of nitrogens with zero attached hydrogens (tertiary/aromatic N) is 2. The molecular formula is C13H19N3S. The van der Waals surface area contributed by atoms with Gasteiger partial charge in [-0.05, 0) is 31.5 Å². The van der Waals surface area contributed by atoms with Gasteiger partial charge in [-0.25, -0.2) is 4.98 Å². The molecule has 2 aromatic rings. The molecule has 3 nitrogen and oxygen atoms in total. The van der Waals surface area contributed by atoms with Crippen LogP contribution in [0.3, 0.4) is 0 Å². The van der Waals surface area contributed by atoms with Crippen molar-refractivity contribution in [2.24, 2.45) is 5.73 Å². The second kappa shape index (κ2) is 5.56. The van der Waals surface area contributed by atoms with Crippen molar-refractivity contribution in [1.82, 2.24) is 9.38 Å². The summed E-state index contributed by atoms with van der Waals surface area (Å²) in [6.45, 7) is 5.08. The summed E-state index contributed by atoms with van der Waals surface area (Å²) in [7, 11) is 0. The molecule has 1 atom stereocenters. The average molecular weight is 249 g/mol. The van der Waals surface area contributed by atoms with Crippen LogP contribution in [0.2, 0.25) is 0 Å². The first-order valence-electron chi connectivity index (χ1n) is 5.95. The largest absolute Gasteiger partial charge is 0.330 e. The van der Waals surface area contributed by atoms with Crippen LogP contribution in [-0.2, 0) is 5.75 Å². The van der Waals surface area contributed by atoms with E-state index in [1.807, 2.05) is 18.0 Å². The lowest BCUT2D eigenvalue weighted by Crippen LogP contribution is -2.07. The van der Waals surface area contributed by atoms with Gasteiger partial charge in [0.1, 0.15) is 5.65 Å². The van der Waals surface area contributed by atoms with Crippen LogP contribution in [0.25, 0.3) is 5.65 Å². The highest BCUT2D eigenvalue weighted by molar-refractivity contribution is 7.99. The van der Waals surface area contributed by atoms with Gasteiger partial charge in [0.15, 0.2) is 0 Å². The molecule has 92 valence electrons. The molecule has 0 spiro atoms. The molecule has 0 amide bonds. The lowest BCUT2D eigenvalue weighted by atomic mass is 10.3. The quantitative estimate of drug-likeness (QED) is 0.886. The van der Waals surface area contributed by atoms with E-state index in [4.69, 9.17) is 5.73 Å². The summed E-state index contributed by atoms with van der Waals surface area (Å²) in [6, 6.07) is 4.15. The van der Waals surface area contributed by atoms with E-state index in [1.165, 1.54) is 5.56 Å². The van der Waals surface area contributed by atoms with Gasteiger partial charge in [0.2, 0.25) is 0 Å². The summed E-state index contributed by atoms with van der Waals surface area (Å²) in [5.74, 6) is 0.961. The van der Waals surface area contributed by atoms with Gasteiger partial charge >= 0.3 is 0 Å². The van der Waals surface area contributed by atoms with Crippen molar-refractivity contribution in [3.63, 3.8) is 0 Å². The Kier molecular flexibility index (Phi) is 4.07. The number of aryl methyl sites for hydroxylation is 1. The highest BCUT2D eigenvalue weighted by Crippen LogP contribution is 2.20. The summed E-state index contributed by atoms with van der Waals surface area (Å²) in [5.41, 5.74) is 8.98. The molecule has 2 rings (SSSR count). The van der Waals surface area contributed by atoms with E-state index in [9.17, 15) is 0 Å². The minimum absolute atomic E-state index is 0.603. The topological polar surface area (TPSA) is 43.3 Å². The van der Waals surface area contributed by atoms with E-state index >= 15 is 0 Å². The number of nitrogens with two attached hydrogens (primary N) is 1. The minimum Gasteiger partial charge on any atom is -0.330 e. The van der Waals surface area contributed by atoms with Crippen LogP contribution >= 0.6 is 11.8 Å². The summed E-state index contributed by atoms with van der Waals surface area (Å²) < 4.78 is 2.10. The number of aromatic nitrogens is 2. The summed E-state index contributed by atoms with van der Waals surface area (Å²) in [4.78, 5) is 4.66. The smallest absolute Gasteiger partial charge is 0.139 e. The standard InChI is InChI=1S/C13H19N3S/c1-10-4-3-7-16-8-12(15-13(10)16)9-17-11(2)5-6-14/h3-4,7-8,11H,5-6,9,14H2,1-2H3. The first kappa shape index (κ1) is 12.5. The molecule has 17 heavy (non-hydrogen) atoms. The third kappa shape index (κ3) is 3.01. The van der Waals surface area contributed by atoms with Crippen molar-refractivity contribution >= 4 is 17.4 Å². The van der Waals surface area contributed by atoms with E-state index < -0.39 is 0 Å². The first-order valence-corrected chi connectivity index (χ1v) is 7.00. The average Bonchev–Trinajstić information content (AvgIpc) is 2.71. The fraction of sp³-hybridized carbons (Fsp3) is 0.462. The van der Waals surface area contributed by atoms with Gasteiger partial charge in [-0.15, -0.1) is 0 Å². The molecule has 0 saturated carbocycles. The van der Waals surface area contributed by atoms with Crippen molar-refractivity contribution in [2.45, 2.75) is 31.3 Å². The van der Waals surface area contributed by atoms with E-state index in [0.29, 0.717) is 5.25 Å². The zero-order valence-electron chi connectivity index (χ0n) is 10.4. The number of hydrogen-bond acceptors (Lipinski definition) is 3. The Bertz CT molecular complexity index is 492. The third-order valence-corrected chi connectivity index (χ3v) is 4.08. The van der Waals surface area contributed by atoms with Crippen LogP contribution in [0.4, 0.5) is 0 Å². The molecule has 0 bridgehead atoms. The molecule has 0 fully saturated rings. The van der Waals surface area contributed by atoms with Gasteiger partial charge < -0.3 is 10.1 Å². The summed E-state index contributed by atoms with van der Waals surface area (Å²) >= 11 is 1.92. The Hall–Kier alpha value is -1.00. The normalized spacial score (nSPS) is 13.1. The van der Waals surface area contributed by atoms with Gasteiger partial charge in [0.05, 0.1) is 5.69 Å². The third-order valence-electron chi connectivity index (χ3n) is 2.82. The van der Waals surface area contributed by atoms with Crippen molar-refractivity contribution in [2.75, 3.05) is 6.54 Å². The molecule has 2 aromatic heterocycles. The predicted octanol–water partition coefficient (Wildman–Crippen LogP) is 2.61. The Morgan fingerprint density at radius 2 is 2.35 bits per heavy atom. The number of fused-ring (bicyclic) bond motifs is 1. The Balaban J connectivity index is 2.07. The molecule has 0 aromatic carbocycles. The molecular weight excluding hydrogens is 230 g/mol. The molecule has 0 aliphatic heterocycles. The second-order valence-corrected chi connectivity index (χ2v) is 5.78. The van der Waals surface area contributed by atoms with Crippen molar-refractivity contribution < 1.29 is 0 Å². The van der Waals surface area contributed by atoms with Crippen LogP contribution in [0.5, 0.6) is 0 Å². The monoisotopic (exact) mass is 249 g/mol. The molecule has 2 N–H and O–H groups in total. The van der Waals surface area contributed by atoms with Crippen molar-refractivity contribution in [3.05, 3.63) is 35.8 Å². The van der Waals surface area contributed by atoms with Crippen LogP contribution in [0.15, 0.2) is 24.5 Å². The fourth-order valence-electron chi connectivity index (χ4n) is 1.82. The van der Waals surface area contributed by atoms with Gasteiger partial charge in [-0.2, -0.15) is 11.8 Å². The Morgan fingerprint density at radius 3 is 3.06 bits per heavy atom. The lowest BCUT2D eigenvalue weighted by molar-refractivity contribution is 0.822. The maximum Gasteiger partial charge on any atom is 0.139 e. The minimum atomic E-state index is 0.603. The van der Waals surface area contributed by atoms with Crippen LogP contribution < -0.4 is 5.73 Å². The van der Waals surface area contributed by atoms with Gasteiger partial charge in [0.25, 0.3) is 0 Å². The zero-order chi connectivity index (χ0) is 12.3. The SMILES string of the molecule is Cc1cccn2cc(CSC(C)CCN)nc12. The Labute approximate surface area is 106 Å². The number of pyridine rings is 1. The molecule has 0 aliphatic rings. The summed E-state index contributed by atoms with van der Waals surface area (Å²) in [6.07, 6.45) is 5.23. The molecule has 2 heterocycles. The highest BCUT2D eigenvalue weighted by Gasteiger charge is 2.06. The molecule has 0 saturated heterocycles. The molecule has 4 heteroatoms. The van der Waals surface area contributed by atoms with Crippen LogP contribution in [0.1, 0.15) is 24.6 Å². The molecule has 1 unspecified atom stereocenters. The number of rotatable bonds is 5. The maximum atomic E-state index is 5.55.